The number of Topliss-reactive ketones (excluding diaryl/α,β-unsaturated/α-hetero) is 3. The highest BCUT2D eigenvalue weighted by Crippen LogP contribution is 2.07. The van der Waals surface area contributed by atoms with Crippen LogP contribution in [0.1, 0.15) is 47.0 Å². The Bertz CT molecular complexity index is 1070. The first kappa shape index (κ1) is 35.2. The second-order valence-corrected chi connectivity index (χ2v) is 7.93. The minimum absolute atomic E-state index is 0.357. The fourth-order valence-corrected chi connectivity index (χ4v) is 2.12. The normalized spacial score (nSPS) is 11.5. The highest BCUT2D eigenvalue weighted by Gasteiger charge is 2.25. The Morgan fingerprint density at radius 1 is 0.500 bits per heavy atom. The zero-order valence-electron chi connectivity index (χ0n) is 21.8. The summed E-state index contributed by atoms with van der Waals surface area (Å²) in [5.41, 5.74) is 0. The molecule has 0 aromatic heterocycles. The number of carbonyl (C=O) groups is 11. The highest BCUT2D eigenvalue weighted by atomic mass is 16.6. The quantitative estimate of drug-likeness (QED) is 0.0857. The third-order valence-electron chi connectivity index (χ3n) is 4.03. The number of hydrogen-bond acceptors (Lipinski definition) is 17. The summed E-state index contributed by atoms with van der Waals surface area (Å²) in [6.07, 6.45) is -3.91. The van der Waals surface area contributed by atoms with Crippen molar-refractivity contribution in [2.75, 3.05) is 19.8 Å². The van der Waals surface area contributed by atoms with Crippen LogP contribution in [0.3, 0.4) is 0 Å². The summed E-state index contributed by atoms with van der Waals surface area (Å²) in [5.74, 6) is -14.1. The standard InChI is InChI=1S/C23H26O17/c1-11(8-35-17(28)6-19(30)39-22(33)13(3)25)5-16(27)36-9-15(38-21(32)12(2)24)10-37-18(29)7-20(31)40-23(34)14(4)26/h11,15H,5-10H2,1-4H3. The first-order chi connectivity index (χ1) is 18.5. The third kappa shape index (κ3) is 16.1. The summed E-state index contributed by atoms with van der Waals surface area (Å²) in [6, 6.07) is 0. The molecule has 17 heteroatoms. The van der Waals surface area contributed by atoms with Crippen LogP contribution in [0.5, 0.6) is 0 Å². The van der Waals surface area contributed by atoms with Crippen LogP contribution in [0.2, 0.25) is 0 Å². The Hall–Kier alpha value is -4.83. The molecule has 0 aliphatic heterocycles. The Balaban J connectivity index is 4.72. The van der Waals surface area contributed by atoms with Gasteiger partial charge in [0.1, 0.15) is 26.1 Å². The van der Waals surface area contributed by atoms with Crippen LogP contribution in [0, 0.1) is 5.92 Å². The van der Waals surface area contributed by atoms with Crippen LogP contribution in [0.25, 0.3) is 0 Å². The fourth-order valence-electron chi connectivity index (χ4n) is 2.12. The number of esters is 8. The predicted octanol–water partition coefficient (Wildman–Crippen LogP) is -1.76. The summed E-state index contributed by atoms with van der Waals surface area (Å²) in [4.78, 5) is 125. The first-order valence-electron chi connectivity index (χ1n) is 11.2. The van der Waals surface area contributed by atoms with Crippen molar-refractivity contribution in [2.24, 2.45) is 5.92 Å². The number of rotatable bonds is 16. The van der Waals surface area contributed by atoms with E-state index in [9.17, 15) is 52.7 Å². The van der Waals surface area contributed by atoms with E-state index in [1.54, 1.807) is 0 Å². The molecule has 2 atom stereocenters. The van der Waals surface area contributed by atoms with Gasteiger partial charge in [-0.25, -0.2) is 14.4 Å². The molecule has 0 rings (SSSR count). The first-order valence-corrected chi connectivity index (χ1v) is 11.2. The predicted molar refractivity (Wildman–Crippen MR) is 120 cm³/mol. The molecule has 0 radical (unpaired) electrons. The number of ketones is 3. The molecule has 0 aliphatic rings. The van der Waals surface area contributed by atoms with Crippen LogP contribution in [0.4, 0.5) is 0 Å². The average molecular weight is 574 g/mol. The maximum Gasteiger partial charge on any atom is 0.381 e. The van der Waals surface area contributed by atoms with Gasteiger partial charge < -0.3 is 28.4 Å². The molecule has 40 heavy (non-hydrogen) atoms. The molecule has 0 aliphatic carbocycles. The van der Waals surface area contributed by atoms with Gasteiger partial charge >= 0.3 is 47.8 Å². The second-order valence-electron chi connectivity index (χ2n) is 7.93. The van der Waals surface area contributed by atoms with E-state index in [1.807, 2.05) is 0 Å². The lowest BCUT2D eigenvalue weighted by molar-refractivity contribution is -0.172. The summed E-state index contributed by atoms with van der Waals surface area (Å²) in [7, 11) is 0. The molecular weight excluding hydrogens is 548 g/mol. The van der Waals surface area contributed by atoms with Crippen LogP contribution in [0.15, 0.2) is 0 Å². The molecule has 0 aromatic rings. The summed E-state index contributed by atoms with van der Waals surface area (Å²) >= 11 is 0. The highest BCUT2D eigenvalue weighted by molar-refractivity contribution is 6.35. The molecule has 220 valence electrons. The molecule has 0 heterocycles. The molecular formula is C23H26O17. The van der Waals surface area contributed by atoms with E-state index in [-0.39, 0.29) is 13.0 Å². The third-order valence-corrected chi connectivity index (χ3v) is 4.03. The Labute approximate surface area is 225 Å². The summed E-state index contributed by atoms with van der Waals surface area (Å²) < 4.78 is 27.3. The molecule has 0 aromatic carbocycles. The molecule has 0 saturated heterocycles. The molecule has 17 nitrogen and oxygen atoms in total. The minimum Gasteiger partial charge on any atom is -0.465 e. The van der Waals surface area contributed by atoms with Gasteiger partial charge in [-0.3, -0.25) is 38.4 Å². The van der Waals surface area contributed by atoms with E-state index < -0.39 is 103 Å². The number of ether oxygens (including phenoxy) is 6. The van der Waals surface area contributed by atoms with Gasteiger partial charge in [0.2, 0.25) is 17.3 Å². The largest absolute Gasteiger partial charge is 0.465 e. The van der Waals surface area contributed by atoms with Crippen LogP contribution in [-0.2, 0) is 81.2 Å². The molecule has 0 saturated carbocycles. The Kier molecular flexibility index (Phi) is 15.5. The van der Waals surface area contributed by atoms with Gasteiger partial charge in [-0.05, 0) is 0 Å². The Morgan fingerprint density at radius 3 is 1.27 bits per heavy atom. The maximum absolute atomic E-state index is 12.1. The van der Waals surface area contributed by atoms with E-state index in [2.05, 4.69) is 9.47 Å². The monoisotopic (exact) mass is 574 g/mol. The van der Waals surface area contributed by atoms with Gasteiger partial charge in [-0.15, -0.1) is 0 Å². The van der Waals surface area contributed by atoms with E-state index in [0.29, 0.717) is 0 Å². The lowest BCUT2D eigenvalue weighted by atomic mass is 10.1. The van der Waals surface area contributed by atoms with Crippen molar-refractivity contribution in [1.29, 1.82) is 0 Å². The van der Waals surface area contributed by atoms with Crippen molar-refractivity contribution in [2.45, 2.75) is 53.1 Å². The summed E-state index contributed by atoms with van der Waals surface area (Å²) in [6.45, 7) is 2.16. The maximum atomic E-state index is 12.1. The molecule has 0 N–H and O–H groups in total. The second kappa shape index (κ2) is 17.6. The minimum atomic E-state index is -1.49. The van der Waals surface area contributed by atoms with Crippen molar-refractivity contribution in [1.82, 2.24) is 0 Å². The van der Waals surface area contributed by atoms with Crippen LogP contribution < -0.4 is 0 Å². The molecule has 0 amide bonds. The van der Waals surface area contributed by atoms with Crippen molar-refractivity contribution < 1.29 is 81.2 Å². The van der Waals surface area contributed by atoms with Crippen molar-refractivity contribution in [3.63, 3.8) is 0 Å². The van der Waals surface area contributed by atoms with Crippen molar-refractivity contribution in [3.8, 4) is 0 Å². The smallest absolute Gasteiger partial charge is 0.381 e. The topological polar surface area (TPSA) is 243 Å². The molecule has 2 unspecified atom stereocenters. The van der Waals surface area contributed by atoms with Gasteiger partial charge in [0, 0.05) is 26.7 Å². The van der Waals surface area contributed by atoms with E-state index in [4.69, 9.17) is 18.9 Å². The average Bonchev–Trinajstić information content (AvgIpc) is 2.83. The van der Waals surface area contributed by atoms with E-state index in [0.717, 1.165) is 20.8 Å². The Morgan fingerprint density at radius 2 is 0.875 bits per heavy atom. The molecule has 0 spiro atoms. The van der Waals surface area contributed by atoms with Gasteiger partial charge in [0.25, 0.3) is 0 Å². The zero-order valence-corrected chi connectivity index (χ0v) is 21.8. The fraction of sp³-hybridized carbons (Fsp3) is 0.522. The molecule has 0 bridgehead atoms. The lowest BCUT2D eigenvalue weighted by Gasteiger charge is -2.18. The van der Waals surface area contributed by atoms with Crippen LogP contribution >= 0.6 is 0 Å². The van der Waals surface area contributed by atoms with E-state index in [1.165, 1.54) is 6.92 Å². The van der Waals surface area contributed by atoms with Gasteiger partial charge in [0.15, 0.2) is 6.10 Å². The van der Waals surface area contributed by atoms with Crippen molar-refractivity contribution >= 4 is 65.1 Å². The SMILES string of the molecule is CC(=O)C(=O)OC(=O)CC(=O)OCC(C)CC(=O)OCC(COC(=O)CC(=O)OC(=O)C(C)=O)OC(=O)C(C)=O. The van der Waals surface area contributed by atoms with Gasteiger partial charge in [-0.1, -0.05) is 6.92 Å². The lowest BCUT2D eigenvalue weighted by Crippen LogP contribution is -2.33. The van der Waals surface area contributed by atoms with E-state index >= 15 is 0 Å². The van der Waals surface area contributed by atoms with Crippen molar-refractivity contribution in [3.05, 3.63) is 0 Å². The van der Waals surface area contributed by atoms with Crippen LogP contribution in [-0.4, -0.2) is 91.0 Å². The molecule has 0 fully saturated rings. The summed E-state index contributed by atoms with van der Waals surface area (Å²) in [5, 5.41) is 0. The van der Waals surface area contributed by atoms with Gasteiger partial charge in [-0.2, -0.15) is 0 Å². The van der Waals surface area contributed by atoms with Gasteiger partial charge in [0.05, 0.1) is 13.0 Å². The number of hydrogen-bond donors (Lipinski definition) is 0. The zero-order chi connectivity index (χ0) is 31.0. The number of carbonyl (C=O) groups excluding carboxylic acids is 11.